The molecular weight excluding hydrogens is 334 g/mol. The first kappa shape index (κ1) is 26.9. The average molecular weight is 386 g/mol. The highest BCUT2D eigenvalue weighted by atomic mass is 16.3. The van der Waals surface area contributed by atoms with Crippen LogP contribution in [0, 0.1) is 5.92 Å². The zero-order chi connectivity index (χ0) is 20.3. The number of aliphatic hydroxyl groups is 2. The molecule has 27 heavy (non-hydrogen) atoms. The lowest BCUT2D eigenvalue weighted by atomic mass is 9.93. The summed E-state index contributed by atoms with van der Waals surface area (Å²) >= 11 is 0. The Hall–Kier alpha value is -0.120. The predicted molar refractivity (Wildman–Crippen MR) is 119 cm³/mol. The fourth-order valence-corrected chi connectivity index (χ4v) is 4.02. The van der Waals surface area contributed by atoms with Crippen LogP contribution in [0.2, 0.25) is 0 Å². The van der Waals surface area contributed by atoms with Crippen molar-refractivity contribution in [2.45, 2.75) is 143 Å². The maximum absolute atomic E-state index is 9.98. The van der Waals surface area contributed by atoms with E-state index in [2.05, 4.69) is 13.8 Å². The lowest BCUT2D eigenvalue weighted by Crippen LogP contribution is -2.43. The van der Waals surface area contributed by atoms with E-state index in [1.54, 1.807) is 13.8 Å². The molecule has 2 N–H and O–H groups in total. The van der Waals surface area contributed by atoms with Gasteiger partial charge in [0.2, 0.25) is 0 Å². The SMILES string of the molecule is CCCCCCCCCCC(CCCCCCCC)CN(C(C)O)C(C)O. The summed E-state index contributed by atoms with van der Waals surface area (Å²) in [6.07, 6.45) is 20.2. The van der Waals surface area contributed by atoms with Crippen molar-refractivity contribution in [3.8, 4) is 0 Å². The number of hydrogen-bond acceptors (Lipinski definition) is 3. The number of aliphatic hydroxyl groups excluding tert-OH is 2. The van der Waals surface area contributed by atoms with E-state index >= 15 is 0 Å². The zero-order valence-corrected chi connectivity index (χ0v) is 19.1. The lowest BCUT2D eigenvalue weighted by Gasteiger charge is -2.32. The van der Waals surface area contributed by atoms with Crippen molar-refractivity contribution in [3.05, 3.63) is 0 Å². The number of rotatable bonds is 20. The molecule has 3 nitrogen and oxygen atoms in total. The molecule has 0 heterocycles. The van der Waals surface area contributed by atoms with Gasteiger partial charge in [0.1, 0.15) is 12.5 Å². The fourth-order valence-electron chi connectivity index (χ4n) is 4.02. The maximum atomic E-state index is 9.98. The summed E-state index contributed by atoms with van der Waals surface area (Å²) in [6, 6.07) is 0. The molecule has 0 aromatic carbocycles. The molecule has 0 saturated heterocycles. The molecule has 0 aliphatic carbocycles. The average Bonchev–Trinajstić information content (AvgIpc) is 2.63. The van der Waals surface area contributed by atoms with Crippen molar-refractivity contribution in [3.63, 3.8) is 0 Å². The van der Waals surface area contributed by atoms with Gasteiger partial charge in [-0.1, -0.05) is 104 Å². The quantitative estimate of drug-likeness (QED) is 0.178. The van der Waals surface area contributed by atoms with Crippen molar-refractivity contribution >= 4 is 0 Å². The molecule has 0 bridgehead atoms. The zero-order valence-electron chi connectivity index (χ0n) is 19.1. The Kier molecular flexibility index (Phi) is 19.1. The van der Waals surface area contributed by atoms with Crippen molar-refractivity contribution in [2.24, 2.45) is 5.92 Å². The van der Waals surface area contributed by atoms with E-state index in [0.717, 1.165) is 6.54 Å². The van der Waals surface area contributed by atoms with Crippen molar-refractivity contribution in [2.75, 3.05) is 6.54 Å². The first-order chi connectivity index (χ1) is 13.0. The lowest BCUT2D eigenvalue weighted by molar-refractivity contribution is -0.0924. The minimum atomic E-state index is -0.574. The van der Waals surface area contributed by atoms with Crippen LogP contribution in [-0.4, -0.2) is 34.1 Å². The van der Waals surface area contributed by atoms with Gasteiger partial charge in [-0.05, 0) is 32.6 Å². The highest BCUT2D eigenvalue weighted by Crippen LogP contribution is 2.22. The van der Waals surface area contributed by atoms with Gasteiger partial charge in [0.15, 0.2) is 0 Å². The normalized spacial score (nSPS) is 15.2. The van der Waals surface area contributed by atoms with Crippen LogP contribution in [0.25, 0.3) is 0 Å². The van der Waals surface area contributed by atoms with Crippen LogP contribution in [0.15, 0.2) is 0 Å². The second-order valence-corrected chi connectivity index (χ2v) is 8.65. The van der Waals surface area contributed by atoms with Gasteiger partial charge in [-0.15, -0.1) is 0 Å². The molecule has 164 valence electrons. The molecule has 0 fully saturated rings. The minimum absolute atomic E-state index is 0.574. The van der Waals surface area contributed by atoms with Crippen molar-refractivity contribution < 1.29 is 10.2 Å². The Morgan fingerprint density at radius 2 is 0.889 bits per heavy atom. The smallest absolute Gasteiger partial charge is 0.106 e. The van der Waals surface area contributed by atoms with Crippen LogP contribution in [0.1, 0.15) is 130 Å². The molecule has 0 aromatic rings. The highest BCUT2D eigenvalue weighted by molar-refractivity contribution is 4.69. The standard InChI is InChI=1S/C24H51NO2/c1-5-7-9-11-13-14-16-18-20-24(19-17-15-12-10-8-6-2)21-25(22(3)26)23(4)27/h22-24,26-27H,5-21H2,1-4H3. The number of unbranched alkanes of at least 4 members (excludes halogenated alkanes) is 12. The van der Waals surface area contributed by atoms with E-state index in [1.807, 2.05) is 4.90 Å². The monoisotopic (exact) mass is 385 g/mol. The van der Waals surface area contributed by atoms with Crippen molar-refractivity contribution in [1.82, 2.24) is 4.90 Å². The summed E-state index contributed by atoms with van der Waals surface area (Å²) in [6.45, 7) is 8.89. The third-order valence-electron chi connectivity index (χ3n) is 5.86. The van der Waals surface area contributed by atoms with E-state index in [-0.39, 0.29) is 0 Å². The van der Waals surface area contributed by atoms with Gasteiger partial charge in [-0.25, -0.2) is 0 Å². The van der Waals surface area contributed by atoms with Crippen LogP contribution >= 0.6 is 0 Å². The Bertz CT molecular complexity index is 286. The van der Waals surface area contributed by atoms with Gasteiger partial charge in [0, 0.05) is 6.54 Å². The van der Waals surface area contributed by atoms with Gasteiger partial charge in [-0.2, -0.15) is 0 Å². The molecule has 3 unspecified atom stereocenters. The van der Waals surface area contributed by atoms with Gasteiger partial charge >= 0.3 is 0 Å². The molecule has 0 aliphatic rings. The van der Waals surface area contributed by atoms with E-state index in [1.165, 1.54) is 103 Å². The highest BCUT2D eigenvalue weighted by Gasteiger charge is 2.20. The van der Waals surface area contributed by atoms with E-state index in [4.69, 9.17) is 0 Å². The summed E-state index contributed by atoms with van der Waals surface area (Å²) in [5, 5.41) is 20.0. The van der Waals surface area contributed by atoms with E-state index in [9.17, 15) is 10.2 Å². The molecule has 3 atom stereocenters. The van der Waals surface area contributed by atoms with E-state index < -0.39 is 12.5 Å². The molecule has 3 heteroatoms. The summed E-state index contributed by atoms with van der Waals surface area (Å²) in [5.41, 5.74) is 0. The molecule has 0 aliphatic heterocycles. The van der Waals surface area contributed by atoms with Gasteiger partial charge in [0.25, 0.3) is 0 Å². The van der Waals surface area contributed by atoms with Gasteiger partial charge in [0.05, 0.1) is 0 Å². The number of hydrogen-bond donors (Lipinski definition) is 2. The largest absolute Gasteiger partial charge is 0.379 e. The Morgan fingerprint density at radius 3 is 1.22 bits per heavy atom. The third kappa shape index (κ3) is 16.5. The molecule has 0 aromatic heterocycles. The Morgan fingerprint density at radius 1 is 0.556 bits per heavy atom. The summed E-state index contributed by atoms with van der Waals surface area (Å²) in [5.74, 6) is 0.598. The van der Waals surface area contributed by atoms with Crippen LogP contribution in [-0.2, 0) is 0 Å². The minimum Gasteiger partial charge on any atom is -0.379 e. The first-order valence-electron chi connectivity index (χ1n) is 12.1. The number of nitrogens with zero attached hydrogens (tertiary/aromatic N) is 1. The summed E-state index contributed by atoms with van der Waals surface area (Å²) in [4.78, 5) is 1.84. The third-order valence-corrected chi connectivity index (χ3v) is 5.86. The van der Waals surface area contributed by atoms with Gasteiger partial charge in [-0.3, -0.25) is 4.90 Å². The Labute approximate surface area is 170 Å². The molecule has 0 saturated carbocycles. The van der Waals surface area contributed by atoms with E-state index in [0.29, 0.717) is 5.92 Å². The molecule has 0 rings (SSSR count). The van der Waals surface area contributed by atoms with Crippen LogP contribution in [0.3, 0.4) is 0 Å². The second kappa shape index (κ2) is 19.2. The molecule has 0 amide bonds. The second-order valence-electron chi connectivity index (χ2n) is 8.65. The molecule has 0 spiro atoms. The predicted octanol–water partition coefficient (Wildman–Crippen LogP) is 6.86. The van der Waals surface area contributed by atoms with Crippen LogP contribution in [0.4, 0.5) is 0 Å². The first-order valence-corrected chi connectivity index (χ1v) is 12.1. The van der Waals surface area contributed by atoms with Gasteiger partial charge < -0.3 is 10.2 Å². The van der Waals surface area contributed by atoms with Crippen LogP contribution < -0.4 is 0 Å². The maximum Gasteiger partial charge on any atom is 0.106 e. The fraction of sp³-hybridized carbons (Fsp3) is 1.00. The molecule has 0 radical (unpaired) electrons. The summed E-state index contributed by atoms with van der Waals surface area (Å²) < 4.78 is 0. The summed E-state index contributed by atoms with van der Waals surface area (Å²) in [7, 11) is 0. The Balaban J connectivity index is 4.14. The van der Waals surface area contributed by atoms with Crippen LogP contribution in [0.5, 0.6) is 0 Å². The van der Waals surface area contributed by atoms with Crippen molar-refractivity contribution in [1.29, 1.82) is 0 Å². The molecular formula is C24H51NO2. The topological polar surface area (TPSA) is 43.7 Å².